The van der Waals surface area contributed by atoms with Crippen molar-refractivity contribution in [1.82, 2.24) is 15.2 Å². The van der Waals surface area contributed by atoms with Gasteiger partial charge in [0, 0.05) is 11.1 Å². The van der Waals surface area contributed by atoms with E-state index in [0.717, 1.165) is 17.8 Å². The lowest BCUT2D eigenvalue weighted by Crippen LogP contribution is -2.12. The quantitative estimate of drug-likeness (QED) is 0.886. The second kappa shape index (κ2) is 6.17. The van der Waals surface area contributed by atoms with Crippen LogP contribution in [0.1, 0.15) is 55.5 Å². The van der Waals surface area contributed by atoms with Crippen molar-refractivity contribution in [1.29, 1.82) is 0 Å². The molecular formula is C14H20N4OS. The van der Waals surface area contributed by atoms with Crippen molar-refractivity contribution < 1.29 is 4.79 Å². The Kier molecular flexibility index (Phi) is 4.54. The van der Waals surface area contributed by atoms with Gasteiger partial charge in [0.2, 0.25) is 0 Å². The summed E-state index contributed by atoms with van der Waals surface area (Å²) in [6.07, 6.45) is 0.884. The number of hydrogen-bond donors (Lipinski definition) is 2. The molecule has 0 aliphatic carbocycles. The van der Waals surface area contributed by atoms with Crippen LogP contribution in [0, 0.1) is 5.92 Å². The van der Waals surface area contributed by atoms with Crippen LogP contribution in [0.4, 0.5) is 5.13 Å². The molecule has 0 saturated carbocycles. The maximum absolute atomic E-state index is 12.1. The van der Waals surface area contributed by atoms with E-state index in [4.69, 9.17) is 0 Å². The summed E-state index contributed by atoms with van der Waals surface area (Å²) in [7, 11) is 0. The van der Waals surface area contributed by atoms with E-state index < -0.39 is 0 Å². The van der Waals surface area contributed by atoms with Gasteiger partial charge in [0.25, 0.3) is 5.91 Å². The molecule has 2 N–H and O–H groups in total. The van der Waals surface area contributed by atoms with Crippen molar-refractivity contribution in [2.24, 2.45) is 5.92 Å². The molecule has 108 valence electrons. The minimum atomic E-state index is -0.221. The van der Waals surface area contributed by atoms with E-state index in [2.05, 4.69) is 48.2 Å². The van der Waals surface area contributed by atoms with E-state index in [9.17, 15) is 4.79 Å². The molecular weight excluding hydrogens is 272 g/mol. The first-order valence-corrected chi connectivity index (χ1v) is 7.64. The van der Waals surface area contributed by atoms with Gasteiger partial charge in [0.05, 0.1) is 5.69 Å². The monoisotopic (exact) mass is 292 g/mol. The minimum absolute atomic E-state index is 0.221. The highest BCUT2D eigenvalue weighted by molar-refractivity contribution is 7.14. The highest BCUT2D eigenvalue weighted by Crippen LogP contribution is 2.21. The molecule has 0 aliphatic rings. The van der Waals surface area contributed by atoms with Gasteiger partial charge in [-0.05, 0) is 24.3 Å². The number of amides is 1. The van der Waals surface area contributed by atoms with Gasteiger partial charge in [-0.2, -0.15) is 5.10 Å². The molecule has 2 rings (SSSR count). The Balaban J connectivity index is 2.02. The van der Waals surface area contributed by atoms with Crippen LogP contribution in [0.25, 0.3) is 0 Å². The van der Waals surface area contributed by atoms with E-state index in [-0.39, 0.29) is 5.91 Å². The molecule has 6 heteroatoms. The number of aromatic nitrogens is 3. The van der Waals surface area contributed by atoms with Crippen molar-refractivity contribution in [2.75, 3.05) is 5.32 Å². The number of hydrogen-bond acceptors (Lipinski definition) is 4. The van der Waals surface area contributed by atoms with Crippen LogP contribution in [0.15, 0.2) is 11.4 Å². The molecule has 0 saturated heterocycles. The number of H-pyrrole nitrogens is 1. The van der Waals surface area contributed by atoms with Gasteiger partial charge in [-0.1, -0.05) is 27.7 Å². The van der Waals surface area contributed by atoms with Gasteiger partial charge in [-0.3, -0.25) is 15.2 Å². The van der Waals surface area contributed by atoms with Crippen LogP contribution in [-0.4, -0.2) is 21.1 Å². The molecule has 0 fully saturated rings. The smallest absolute Gasteiger partial charge is 0.277 e. The second-order valence-corrected chi connectivity index (χ2v) is 6.42. The Bertz CT molecular complexity index is 586. The van der Waals surface area contributed by atoms with Crippen molar-refractivity contribution in [3.8, 4) is 0 Å². The Morgan fingerprint density at radius 1 is 1.40 bits per heavy atom. The van der Waals surface area contributed by atoms with Crippen molar-refractivity contribution in [3.05, 3.63) is 28.5 Å². The van der Waals surface area contributed by atoms with Gasteiger partial charge < -0.3 is 0 Å². The molecule has 0 spiro atoms. The fourth-order valence-corrected chi connectivity index (χ4v) is 2.66. The summed E-state index contributed by atoms with van der Waals surface area (Å²) >= 11 is 1.44. The van der Waals surface area contributed by atoms with Crippen LogP contribution in [0.2, 0.25) is 0 Å². The summed E-state index contributed by atoms with van der Waals surface area (Å²) in [5.74, 6) is 0.666. The average Bonchev–Trinajstić information content (AvgIpc) is 2.97. The zero-order valence-electron chi connectivity index (χ0n) is 12.2. The lowest BCUT2D eigenvalue weighted by molar-refractivity contribution is 0.102. The first-order valence-electron chi connectivity index (χ1n) is 6.76. The van der Waals surface area contributed by atoms with E-state index in [0.29, 0.717) is 22.7 Å². The van der Waals surface area contributed by atoms with E-state index in [1.807, 2.05) is 5.38 Å². The first-order chi connectivity index (χ1) is 9.45. The second-order valence-electron chi connectivity index (χ2n) is 5.56. The molecule has 2 aromatic heterocycles. The number of thiazole rings is 1. The number of nitrogens with zero attached hydrogens (tertiary/aromatic N) is 2. The molecule has 0 radical (unpaired) electrons. The van der Waals surface area contributed by atoms with Crippen LogP contribution in [0.3, 0.4) is 0 Å². The summed E-state index contributed by atoms with van der Waals surface area (Å²) in [6.45, 7) is 8.41. The molecule has 0 aliphatic heterocycles. The number of carbonyl (C=O) groups excluding carboxylic acids is 1. The topological polar surface area (TPSA) is 70.7 Å². The summed E-state index contributed by atoms with van der Waals surface area (Å²) in [5, 5.41) is 12.3. The van der Waals surface area contributed by atoms with E-state index in [1.165, 1.54) is 11.3 Å². The summed E-state index contributed by atoms with van der Waals surface area (Å²) in [5.41, 5.74) is 2.38. The minimum Gasteiger partial charge on any atom is -0.296 e. The fraction of sp³-hybridized carbons (Fsp3) is 0.500. The molecule has 5 nitrogen and oxygen atoms in total. The van der Waals surface area contributed by atoms with Crippen molar-refractivity contribution in [2.45, 2.75) is 40.0 Å². The van der Waals surface area contributed by atoms with Crippen molar-refractivity contribution in [3.63, 3.8) is 0 Å². The number of rotatable bonds is 5. The first kappa shape index (κ1) is 14.7. The SMILES string of the molecule is CC(C)Cc1cc(C(=O)Nc2nc(C(C)C)cs2)n[nH]1. The normalized spacial score (nSPS) is 11.3. The third kappa shape index (κ3) is 3.66. The van der Waals surface area contributed by atoms with Gasteiger partial charge in [0.1, 0.15) is 0 Å². The van der Waals surface area contributed by atoms with Crippen LogP contribution >= 0.6 is 11.3 Å². The summed E-state index contributed by atoms with van der Waals surface area (Å²) in [6, 6.07) is 1.80. The highest BCUT2D eigenvalue weighted by Gasteiger charge is 2.14. The molecule has 2 aromatic rings. The van der Waals surface area contributed by atoms with Crippen LogP contribution in [0.5, 0.6) is 0 Å². The maximum atomic E-state index is 12.1. The maximum Gasteiger partial charge on any atom is 0.277 e. The molecule has 2 heterocycles. The number of aromatic amines is 1. The lowest BCUT2D eigenvalue weighted by atomic mass is 10.1. The van der Waals surface area contributed by atoms with Crippen LogP contribution in [-0.2, 0) is 6.42 Å². The fourth-order valence-electron chi connectivity index (χ4n) is 1.79. The molecule has 0 aromatic carbocycles. The van der Waals surface area contributed by atoms with Gasteiger partial charge in [-0.25, -0.2) is 4.98 Å². The molecule has 0 unspecified atom stereocenters. The van der Waals surface area contributed by atoms with E-state index >= 15 is 0 Å². The van der Waals surface area contributed by atoms with Gasteiger partial charge in [-0.15, -0.1) is 11.3 Å². The lowest BCUT2D eigenvalue weighted by Gasteiger charge is -1.99. The highest BCUT2D eigenvalue weighted by atomic mass is 32.1. The zero-order valence-corrected chi connectivity index (χ0v) is 13.0. The Hall–Kier alpha value is -1.69. The summed E-state index contributed by atoms with van der Waals surface area (Å²) in [4.78, 5) is 16.4. The average molecular weight is 292 g/mol. The predicted octanol–water partition coefficient (Wildman–Crippen LogP) is 3.44. The van der Waals surface area contributed by atoms with Gasteiger partial charge >= 0.3 is 0 Å². The largest absolute Gasteiger partial charge is 0.296 e. The number of anilines is 1. The molecule has 0 atom stereocenters. The van der Waals surface area contributed by atoms with Gasteiger partial charge in [0.15, 0.2) is 10.8 Å². The molecule has 0 bridgehead atoms. The Morgan fingerprint density at radius 2 is 2.15 bits per heavy atom. The third-order valence-corrected chi connectivity index (χ3v) is 3.60. The number of carbonyl (C=O) groups is 1. The summed E-state index contributed by atoms with van der Waals surface area (Å²) < 4.78 is 0. The third-order valence-electron chi connectivity index (χ3n) is 2.83. The molecule has 20 heavy (non-hydrogen) atoms. The Morgan fingerprint density at radius 3 is 2.75 bits per heavy atom. The standard InChI is InChI=1S/C14H20N4OS/c1-8(2)5-10-6-11(18-17-10)13(19)16-14-15-12(7-20-14)9(3)4/h6-9H,5H2,1-4H3,(H,17,18)(H,15,16,19). The Labute approximate surface area is 122 Å². The van der Waals surface area contributed by atoms with E-state index in [1.54, 1.807) is 6.07 Å². The predicted molar refractivity (Wildman–Crippen MR) is 81.3 cm³/mol. The van der Waals surface area contributed by atoms with Crippen molar-refractivity contribution >= 4 is 22.4 Å². The van der Waals surface area contributed by atoms with Crippen LogP contribution < -0.4 is 5.32 Å². The molecule has 1 amide bonds. The zero-order chi connectivity index (χ0) is 14.7. The number of nitrogens with one attached hydrogen (secondary N) is 2.